The number of carbonyl (C=O) groups is 1. The van der Waals surface area contributed by atoms with Crippen molar-refractivity contribution in [3.8, 4) is 11.5 Å². The second-order valence-electron chi connectivity index (χ2n) is 8.81. The van der Waals surface area contributed by atoms with Crippen molar-refractivity contribution in [3.63, 3.8) is 0 Å². The third kappa shape index (κ3) is 5.32. The van der Waals surface area contributed by atoms with Crippen LogP contribution in [0, 0.1) is 0 Å². The minimum Gasteiger partial charge on any atom is -0.486 e. The zero-order valence-corrected chi connectivity index (χ0v) is 20.1. The van der Waals surface area contributed by atoms with E-state index in [0.29, 0.717) is 26.1 Å². The largest absolute Gasteiger partial charge is 0.486 e. The molecule has 1 aliphatic heterocycles. The van der Waals surface area contributed by atoms with Crippen LogP contribution in [0.5, 0.6) is 11.5 Å². The summed E-state index contributed by atoms with van der Waals surface area (Å²) in [5.41, 5.74) is 4.37. The fraction of sp³-hybridized carbons (Fsp3) is 0.310. The molecule has 0 saturated heterocycles. The molecule has 0 radical (unpaired) electrons. The zero-order valence-electron chi connectivity index (χ0n) is 20.1. The molecule has 1 unspecified atom stereocenters. The topological polar surface area (TPSA) is 65.4 Å². The van der Waals surface area contributed by atoms with Gasteiger partial charge in [0.1, 0.15) is 19.0 Å². The number of carbonyl (C=O) groups excluding carboxylic acids is 1. The van der Waals surface area contributed by atoms with E-state index < -0.39 is 0 Å². The lowest BCUT2D eigenvalue weighted by Gasteiger charge is -2.23. The van der Waals surface area contributed by atoms with E-state index in [1.54, 1.807) is 0 Å². The minimum atomic E-state index is -0.122. The van der Waals surface area contributed by atoms with Gasteiger partial charge in [-0.1, -0.05) is 48.5 Å². The number of rotatable bonds is 9. The molecule has 3 aromatic carbocycles. The molecule has 0 bridgehead atoms. The molecule has 4 aromatic rings. The highest BCUT2D eigenvalue weighted by molar-refractivity contribution is 5.78. The van der Waals surface area contributed by atoms with E-state index in [2.05, 4.69) is 35.0 Å². The SMILES string of the molecule is CCn1c(CCC(=O)NC(CCc2ccccc2)c2ccc3c(c2)OCCO3)nc2ccccc21. The molecule has 180 valence electrons. The van der Waals surface area contributed by atoms with E-state index in [1.165, 1.54) is 5.56 Å². The van der Waals surface area contributed by atoms with Crippen molar-refractivity contribution in [1.29, 1.82) is 0 Å². The number of amides is 1. The molecule has 0 spiro atoms. The van der Waals surface area contributed by atoms with Gasteiger partial charge >= 0.3 is 0 Å². The maximum atomic E-state index is 13.1. The Balaban J connectivity index is 1.30. The fourth-order valence-electron chi connectivity index (χ4n) is 4.72. The highest BCUT2D eigenvalue weighted by Crippen LogP contribution is 2.33. The highest BCUT2D eigenvalue weighted by Gasteiger charge is 2.20. The predicted octanol–water partition coefficient (Wildman–Crippen LogP) is 5.25. The Morgan fingerprint density at radius 3 is 2.57 bits per heavy atom. The maximum absolute atomic E-state index is 13.1. The summed E-state index contributed by atoms with van der Waals surface area (Å²) in [4.78, 5) is 17.9. The number of aromatic nitrogens is 2. The molecule has 6 heteroatoms. The van der Waals surface area contributed by atoms with Gasteiger partial charge in [0.2, 0.25) is 5.91 Å². The van der Waals surface area contributed by atoms with Crippen LogP contribution in [-0.4, -0.2) is 28.7 Å². The van der Waals surface area contributed by atoms with Gasteiger partial charge in [-0.3, -0.25) is 4.79 Å². The van der Waals surface area contributed by atoms with Crippen molar-refractivity contribution < 1.29 is 14.3 Å². The van der Waals surface area contributed by atoms with Crippen molar-refractivity contribution in [2.24, 2.45) is 0 Å². The Morgan fingerprint density at radius 1 is 0.971 bits per heavy atom. The summed E-state index contributed by atoms with van der Waals surface area (Å²) < 4.78 is 13.7. The average molecular weight is 470 g/mol. The van der Waals surface area contributed by atoms with Gasteiger partial charge in [-0.2, -0.15) is 0 Å². The summed E-state index contributed by atoms with van der Waals surface area (Å²) in [6.07, 6.45) is 2.64. The lowest BCUT2D eigenvalue weighted by atomic mass is 9.98. The molecule has 1 N–H and O–H groups in total. The number of nitrogens with zero attached hydrogens (tertiary/aromatic N) is 2. The van der Waals surface area contributed by atoms with Crippen LogP contribution in [0.1, 0.15) is 42.8 Å². The van der Waals surface area contributed by atoms with Crippen LogP contribution in [0.25, 0.3) is 11.0 Å². The molecule has 35 heavy (non-hydrogen) atoms. The number of hydrogen-bond donors (Lipinski definition) is 1. The van der Waals surface area contributed by atoms with Crippen LogP contribution in [0.15, 0.2) is 72.8 Å². The molecule has 0 fully saturated rings. The van der Waals surface area contributed by atoms with Gasteiger partial charge in [0.05, 0.1) is 17.1 Å². The molecule has 1 atom stereocenters. The number of ether oxygens (including phenoxy) is 2. The molecular weight excluding hydrogens is 438 g/mol. The number of para-hydroxylation sites is 2. The van der Waals surface area contributed by atoms with E-state index in [1.807, 2.05) is 54.6 Å². The standard InChI is InChI=1S/C29H31N3O3/c1-2-32-25-11-7-6-10-24(25)30-28(32)16-17-29(33)31-23(14-12-21-8-4-3-5-9-21)22-13-15-26-27(20-22)35-19-18-34-26/h3-11,13,15,20,23H,2,12,14,16-19H2,1H3,(H,31,33). The number of fused-ring (bicyclic) bond motifs is 2. The Kier molecular flexibility index (Phi) is 6.98. The Morgan fingerprint density at radius 2 is 1.74 bits per heavy atom. The number of nitrogens with one attached hydrogen (secondary N) is 1. The molecule has 1 aliphatic rings. The maximum Gasteiger partial charge on any atom is 0.220 e. The van der Waals surface area contributed by atoms with E-state index in [0.717, 1.165) is 53.3 Å². The molecule has 1 aromatic heterocycles. The van der Waals surface area contributed by atoms with Crippen molar-refractivity contribution in [1.82, 2.24) is 14.9 Å². The van der Waals surface area contributed by atoms with Gasteiger partial charge in [-0.15, -0.1) is 0 Å². The van der Waals surface area contributed by atoms with E-state index in [-0.39, 0.29) is 11.9 Å². The van der Waals surface area contributed by atoms with Gasteiger partial charge in [-0.05, 0) is 55.2 Å². The summed E-state index contributed by atoms with van der Waals surface area (Å²) >= 11 is 0. The van der Waals surface area contributed by atoms with Gasteiger partial charge in [0, 0.05) is 19.4 Å². The lowest BCUT2D eigenvalue weighted by molar-refractivity contribution is -0.121. The first-order valence-electron chi connectivity index (χ1n) is 12.4. The summed E-state index contributed by atoms with van der Waals surface area (Å²) in [6, 6.07) is 24.3. The summed E-state index contributed by atoms with van der Waals surface area (Å²) in [5.74, 6) is 2.47. The van der Waals surface area contributed by atoms with Crippen molar-refractivity contribution in [3.05, 3.63) is 89.7 Å². The molecular formula is C29H31N3O3. The quantitative estimate of drug-likeness (QED) is 0.364. The second-order valence-corrected chi connectivity index (χ2v) is 8.81. The number of benzene rings is 3. The van der Waals surface area contributed by atoms with Crippen molar-refractivity contribution in [2.45, 2.75) is 45.2 Å². The van der Waals surface area contributed by atoms with Crippen molar-refractivity contribution in [2.75, 3.05) is 13.2 Å². The lowest BCUT2D eigenvalue weighted by Crippen LogP contribution is -2.29. The number of aryl methyl sites for hydroxylation is 3. The van der Waals surface area contributed by atoms with E-state index >= 15 is 0 Å². The van der Waals surface area contributed by atoms with Crippen LogP contribution in [0.4, 0.5) is 0 Å². The molecule has 0 aliphatic carbocycles. The monoisotopic (exact) mass is 469 g/mol. The predicted molar refractivity (Wildman–Crippen MR) is 137 cm³/mol. The third-order valence-corrected chi connectivity index (χ3v) is 6.49. The first-order valence-corrected chi connectivity index (χ1v) is 12.4. The summed E-state index contributed by atoms with van der Waals surface area (Å²) in [6.45, 7) is 4.03. The Labute approximate surface area is 205 Å². The Hall–Kier alpha value is -3.80. The van der Waals surface area contributed by atoms with Crippen molar-refractivity contribution >= 4 is 16.9 Å². The highest BCUT2D eigenvalue weighted by atomic mass is 16.6. The van der Waals surface area contributed by atoms with Crippen LogP contribution in [0.3, 0.4) is 0 Å². The molecule has 5 rings (SSSR count). The second kappa shape index (κ2) is 10.6. The zero-order chi connectivity index (χ0) is 24.0. The van der Waals surface area contributed by atoms with E-state index in [9.17, 15) is 4.79 Å². The summed E-state index contributed by atoms with van der Waals surface area (Å²) in [5, 5.41) is 3.28. The molecule has 1 amide bonds. The molecule has 6 nitrogen and oxygen atoms in total. The Bertz CT molecular complexity index is 1300. The average Bonchev–Trinajstić information content (AvgIpc) is 3.27. The minimum absolute atomic E-state index is 0.0210. The van der Waals surface area contributed by atoms with Gasteiger partial charge < -0.3 is 19.4 Å². The van der Waals surface area contributed by atoms with Crippen LogP contribution >= 0.6 is 0 Å². The first kappa shape index (κ1) is 23.0. The van der Waals surface area contributed by atoms with Gasteiger partial charge in [-0.25, -0.2) is 4.98 Å². The first-order chi connectivity index (χ1) is 17.2. The van der Waals surface area contributed by atoms with Crippen LogP contribution in [-0.2, 0) is 24.2 Å². The third-order valence-electron chi connectivity index (χ3n) is 6.49. The molecule has 2 heterocycles. The van der Waals surface area contributed by atoms with Crippen LogP contribution < -0.4 is 14.8 Å². The number of hydrogen-bond acceptors (Lipinski definition) is 4. The van der Waals surface area contributed by atoms with E-state index in [4.69, 9.17) is 14.5 Å². The number of imidazole rings is 1. The normalized spacial score (nSPS) is 13.5. The van der Waals surface area contributed by atoms with Crippen LogP contribution in [0.2, 0.25) is 0 Å². The fourth-order valence-corrected chi connectivity index (χ4v) is 4.72. The smallest absolute Gasteiger partial charge is 0.220 e. The van der Waals surface area contributed by atoms with Gasteiger partial charge in [0.15, 0.2) is 11.5 Å². The summed E-state index contributed by atoms with van der Waals surface area (Å²) in [7, 11) is 0. The van der Waals surface area contributed by atoms with Gasteiger partial charge in [0.25, 0.3) is 0 Å². The molecule has 0 saturated carbocycles.